The number of halogens is 1. The molecule has 17 heavy (non-hydrogen) atoms. The molecule has 0 unspecified atom stereocenters. The van der Waals surface area contributed by atoms with E-state index in [2.05, 4.69) is 17.2 Å². The van der Waals surface area contributed by atoms with Crippen LogP contribution in [0.1, 0.15) is 44.9 Å². The van der Waals surface area contributed by atoms with Crippen molar-refractivity contribution in [2.24, 2.45) is 12.5 Å². The van der Waals surface area contributed by atoms with E-state index in [1.807, 2.05) is 11.6 Å². The number of nitrogens with zero attached hydrogens (tertiary/aromatic N) is 2. The van der Waals surface area contributed by atoms with E-state index in [4.69, 9.17) is 11.6 Å². The summed E-state index contributed by atoms with van der Waals surface area (Å²) in [7, 11) is 1.96. The zero-order chi connectivity index (χ0) is 12.3. The molecule has 0 bridgehead atoms. The van der Waals surface area contributed by atoms with Crippen LogP contribution in [0.25, 0.3) is 0 Å². The number of aromatic nitrogens is 2. The summed E-state index contributed by atoms with van der Waals surface area (Å²) in [4.78, 5) is 4.30. The van der Waals surface area contributed by atoms with Gasteiger partial charge < -0.3 is 9.88 Å². The van der Waals surface area contributed by atoms with E-state index in [9.17, 15) is 0 Å². The standard InChI is InChI=1S/C13H22ClN3/c1-3-13(6-4-5-7-13)10-15-9-12-16-8-11(14)17(12)2/h8,15H,3-7,9-10H2,1-2H3. The van der Waals surface area contributed by atoms with Gasteiger partial charge in [0.15, 0.2) is 0 Å². The topological polar surface area (TPSA) is 29.9 Å². The number of nitrogens with one attached hydrogen (secondary N) is 1. The van der Waals surface area contributed by atoms with Crippen molar-refractivity contribution in [3.63, 3.8) is 0 Å². The van der Waals surface area contributed by atoms with Gasteiger partial charge in [-0.1, -0.05) is 31.4 Å². The van der Waals surface area contributed by atoms with Gasteiger partial charge >= 0.3 is 0 Å². The molecule has 1 heterocycles. The van der Waals surface area contributed by atoms with Crippen molar-refractivity contribution in [2.75, 3.05) is 6.54 Å². The fraction of sp³-hybridized carbons (Fsp3) is 0.769. The molecule has 2 rings (SSSR count). The largest absolute Gasteiger partial charge is 0.321 e. The normalized spacial score (nSPS) is 18.8. The highest BCUT2D eigenvalue weighted by Crippen LogP contribution is 2.40. The molecule has 1 aliphatic carbocycles. The molecule has 1 saturated carbocycles. The summed E-state index contributed by atoms with van der Waals surface area (Å²) in [5.41, 5.74) is 0.537. The third kappa shape index (κ3) is 2.83. The van der Waals surface area contributed by atoms with Crippen LogP contribution in [-0.4, -0.2) is 16.1 Å². The van der Waals surface area contributed by atoms with Crippen LogP contribution in [0.4, 0.5) is 0 Å². The monoisotopic (exact) mass is 255 g/mol. The van der Waals surface area contributed by atoms with Gasteiger partial charge in [0.05, 0.1) is 12.7 Å². The first-order valence-corrected chi connectivity index (χ1v) is 6.91. The lowest BCUT2D eigenvalue weighted by atomic mass is 9.83. The van der Waals surface area contributed by atoms with Crippen molar-refractivity contribution in [3.05, 3.63) is 17.2 Å². The summed E-state index contributed by atoms with van der Waals surface area (Å²) < 4.78 is 1.93. The quantitative estimate of drug-likeness (QED) is 0.876. The fourth-order valence-corrected chi connectivity index (χ4v) is 2.95. The average Bonchev–Trinajstić information content (AvgIpc) is 2.92. The number of rotatable bonds is 5. The summed E-state index contributed by atoms with van der Waals surface area (Å²) in [5.74, 6) is 1.01. The van der Waals surface area contributed by atoms with Crippen LogP contribution in [0.5, 0.6) is 0 Å². The Kier molecular flexibility index (Phi) is 4.10. The minimum atomic E-state index is 0.537. The van der Waals surface area contributed by atoms with E-state index in [1.54, 1.807) is 6.20 Å². The highest BCUT2D eigenvalue weighted by Gasteiger charge is 2.31. The van der Waals surface area contributed by atoms with Crippen LogP contribution >= 0.6 is 11.6 Å². The van der Waals surface area contributed by atoms with Crippen LogP contribution in [0.15, 0.2) is 6.20 Å². The highest BCUT2D eigenvalue weighted by atomic mass is 35.5. The van der Waals surface area contributed by atoms with Crippen LogP contribution in [0.3, 0.4) is 0 Å². The molecule has 96 valence electrons. The maximum Gasteiger partial charge on any atom is 0.128 e. The van der Waals surface area contributed by atoms with Gasteiger partial charge in [0.25, 0.3) is 0 Å². The maximum absolute atomic E-state index is 5.96. The Balaban J connectivity index is 1.85. The van der Waals surface area contributed by atoms with E-state index >= 15 is 0 Å². The Labute approximate surface area is 109 Å². The molecule has 4 heteroatoms. The van der Waals surface area contributed by atoms with Crippen LogP contribution in [0, 0.1) is 5.41 Å². The zero-order valence-corrected chi connectivity index (χ0v) is 11.6. The van der Waals surface area contributed by atoms with Gasteiger partial charge in [0, 0.05) is 13.6 Å². The van der Waals surface area contributed by atoms with Gasteiger partial charge in [-0.15, -0.1) is 0 Å². The molecular formula is C13H22ClN3. The SMILES string of the molecule is CCC1(CNCc2ncc(Cl)n2C)CCCC1. The minimum absolute atomic E-state index is 0.537. The lowest BCUT2D eigenvalue weighted by Gasteiger charge is -2.27. The summed E-state index contributed by atoms with van der Waals surface area (Å²) in [6.45, 7) is 4.23. The van der Waals surface area contributed by atoms with Crippen molar-refractivity contribution in [2.45, 2.75) is 45.6 Å². The molecule has 1 aromatic rings. The minimum Gasteiger partial charge on any atom is -0.321 e. The summed E-state index contributed by atoms with van der Waals surface area (Å²) >= 11 is 5.96. The second-order valence-electron chi connectivity index (χ2n) is 5.22. The number of imidazole rings is 1. The molecule has 0 amide bonds. The highest BCUT2D eigenvalue weighted by molar-refractivity contribution is 6.29. The van der Waals surface area contributed by atoms with Gasteiger partial charge in [-0.3, -0.25) is 0 Å². The van der Waals surface area contributed by atoms with Gasteiger partial charge in [0.1, 0.15) is 11.0 Å². The third-order valence-corrected chi connectivity index (χ3v) is 4.58. The molecule has 0 aliphatic heterocycles. The Hall–Kier alpha value is -0.540. The first kappa shape index (κ1) is 12.9. The Morgan fingerprint density at radius 3 is 2.71 bits per heavy atom. The molecule has 0 aromatic carbocycles. The average molecular weight is 256 g/mol. The smallest absolute Gasteiger partial charge is 0.128 e. The Bertz CT molecular complexity index is 367. The van der Waals surface area contributed by atoms with Crippen LogP contribution < -0.4 is 5.32 Å². The number of hydrogen-bond acceptors (Lipinski definition) is 2. The van der Waals surface area contributed by atoms with E-state index in [-0.39, 0.29) is 0 Å². The van der Waals surface area contributed by atoms with E-state index < -0.39 is 0 Å². The molecule has 1 N–H and O–H groups in total. The van der Waals surface area contributed by atoms with E-state index in [0.717, 1.165) is 18.9 Å². The summed E-state index contributed by atoms with van der Waals surface area (Å²) in [5, 5.41) is 4.25. The second kappa shape index (κ2) is 5.40. The van der Waals surface area contributed by atoms with Gasteiger partial charge in [-0.2, -0.15) is 0 Å². The van der Waals surface area contributed by atoms with E-state index in [0.29, 0.717) is 10.6 Å². The Morgan fingerprint density at radius 2 is 2.18 bits per heavy atom. The van der Waals surface area contributed by atoms with Crippen molar-refractivity contribution in [1.82, 2.24) is 14.9 Å². The lowest BCUT2D eigenvalue weighted by molar-refractivity contribution is 0.267. The molecule has 1 aliphatic rings. The summed E-state index contributed by atoms with van der Waals surface area (Å²) in [6, 6.07) is 0. The molecule has 3 nitrogen and oxygen atoms in total. The van der Waals surface area contributed by atoms with Crippen molar-refractivity contribution in [3.8, 4) is 0 Å². The van der Waals surface area contributed by atoms with Crippen molar-refractivity contribution >= 4 is 11.6 Å². The molecular weight excluding hydrogens is 234 g/mol. The van der Waals surface area contributed by atoms with Crippen molar-refractivity contribution < 1.29 is 0 Å². The second-order valence-corrected chi connectivity index (χ2v) is 5.61. The van der Waals surface area contributed by atoms with Gasteiger partial charge in [0.2, 0.25) is 0 Å². The third-order valence-electron chi connectivity index (χ3n) is 4.23. The van der Waals surface area contributed by atoms with Gasteiger partial charge in [-0.25, -0.2) is 4.98 Å². The van der Waals surface area contributed by atoms with Crippen molar-refractivity contribution in [1.29, 1.82) is 0 Å². The fourth-order valence-electron chi connectivity index (χ4n) is 2.81. The molecule has 0 saturated heterocycles. The molecule has 1 aromatic heterocycles. The first-order valence-electron chi connectivity index (χ1n) is 6.54. The van der Waals surface area contributed by atoms with Gasteiger partial charge in [-0.05, 0) is 24.7 Å². The molecule has 0 radical (unpaired) electrons. The maximum atomic E-state index is 5.96. The van der Waals surface area contributed by atoms with Crippen LogP contribution in [0.2, 0.25) is 5.15 Å². The molecule has 1 fully saturated rings. The Morgan fingerprint density at radius 1 is 1.47 bits per heavy atom. The molecule has 0 spiro atoms. The lowest BCUT2D eigenvalue weighted by Crippen LogP contribution is -2.31. The predicted octanol–water partition coefficient (Wildman–Crippen LogP) is 3.13. The predicted molar refractivity (Wildman–Crippen MR) is 71.1 cm³/mol. The molecule has 0 atom stereocenters. The number of hydrogen-bond donors (Lipinski definition) is 1. The first-order chi connectivity index (χ1) is 8.17. The zero-order valence-electron chi connectivity index (χ0n) is 10.8. The van der Waals surface area contributed by atoms with E-state index in [1.165, 1.54) is 32.1 Å². The summed E-state index contributed by atoms with van der Waals surface area (Å²) in [6.07, 6.45) is 8.52. The van der Waals surface area contributed by atoms with Crippen LogP contribution in [-0.2, 0) is 13.6 Å².